The maximum absolute atomic E-state index is 13.2. The van der Waals surface area contributed by atoms with Crippen molar-refractivity contribution >= 4 is 16.9 Å². The molecule has 0 N–H and O–H groups in total. The van der Waals surface area contributed by atoms with Gasteiger partial charge in [0.2, 0.25) is 11.8 Å². The molecule has 0 spiro atoms. The number of hydrogen-bond donors (Lipinski definition) is 0. The van der Waals surface area contributed by atoms with Gasteiger partial charge in [0.15, 0.2) is 5.76 Å². The van der Waals surface area contributed by atoms with E-state index in [2.05, 4.69) is 10.2 Å². The maximum Gasteiger partial charge on any atom is 0.290 e. The summed E-state index contributed by atoms with van der Waals surface area (Å²) < 4.78 is 17.2. The summed E-state index contributed by atoms with van der Waals surface area (Å²) >= 11 is 0. The van der Waals surface area contributed by atoms with Crippen LogP contribution in [-0.4, -0.2) is 40.8 Å². The summed E-state index contributed by atoms with van der Waals surface area (Å²) in [5.74, 6) is 1.24. The Labute approximate surface area is 150 Å². The molecule has 0 saturated carbocycles. The number of carbonyl (C=O) groups is 1. The number of aryl methyl sites for hydroxylation is 1. The highest BCUT2D eigenvalue weighted by atomic mass is 16.5. The van der Waals surface area contributed by atoms with Crippen LogP contribution in [0, 0.1) is 6.92 Å². The number of amides is 1. The number of fused-ring (bicyclic) bond motifs is 1. The molecule has 26 heavy (non-hydrogen) atoms. The Bertz CT molecular complexity index is 943. The molecule has 3 heterocycles. The third-order valence-electron chi connectivity index (χ3n) is 4.66. The second-order valence-corrected chi connectivity index (χ2v) is 6.77. The van der Waals surface area contributed by atoms with E-state index >= 15 is 0 Å². The van der Waals surface area contributed by atoms with Gasteiger partial charge in [-0.25, -0.2) is 0 Å². The average molecular weight is 355 g/mol. The number of furan rings is 1. The van der Waals surface area contributed by atoms with Gasteiger partial charge >= 0.3 is 0 Å². The quantitative estimate of drug-likeness (QED) is 0.716. The van der Waals surface area contributed by atoms with E-state index in [4.69, 9.17) is 13.6 Å². The van der Waals surface area contributed by atoms with Gasteiger partial charge in [-0.05, 0) is 13.0 Å². The largest absolute Gasteiger partial charge is 0.451 e. The van der Waals surface area contributed by atoms with Crippen LogP contribution in [0.4, 0.5) is 0 Å². The molecule has 0 radical (unpaired) electrons. The van der Waals surface area contributed by atoms with E-state index in [-0.39, 0.29) is 11.8 Å². The third-order valence-corrected chi connectivity index (χ3v) is 4.66. The van der Waals surface area contributed by atoms with E-state index in [1.54, 1.807) is 4.90 Å². The van der Waals surface area contributed by atoms with E-state index in [1.807, 2.05) is 45.0 Å². The van der Waals surface area contributed by atoms with Crippen LogP contribution in [0.5, 0.6) is 0 Å². The van der Waals surface area contributed by atoms with Crippen LogP contribution in [0.15, 0.2) is 33.1 Å². The van der Waals surface area contributed by atoms with E-state index in [1.165, 1.54) is 0 Å². The molecule has 1 atom stereocenters. The summed E-state index contributed by atoms with van der Waals surface area (Å²) in [6, 6.07) is 7.23. The van der Waals surface area contributed by atoms with Crippen molar-refractivity contribution in [3.05, 3.63) is 47.4 Å². The fraction of sp³-hybridized carbons (Fsp3) is 0.421. The summed E-state index contributed by atoms with van der Waals surface area (Å²) in [6.07, 6.45) is 0. The SMILES string of the molecule is Cc1c(C(=O)N2CCOC[C@@H]2c2nnc(C(C)C)o2)oc2ccccc12. The summed E-state index contributed by atoms with van der Waals surface area (Å²) in [5.41, 5.74) is 1.54. The molecule has 1 aliphatic rings. The molecule has 2 aromatic heterocycles. The van der Waals surface area contributed by atoms with E-state index < -0.39 is 6.04 Å². The van der Waals surface area contributed by atoms with Crippen molar-refractivity contribution in [2.75, 3.05) is 19.8 Å². The van der Waals surface area contributed by atoms with Gasteiger partial charge in [-0.3, -0.25) is 4.79 Å². The van der Waals surface area contributed by atoms with Gasteiger partial charge in [-0.1, -0.05) is 32.0 Å². The molecule has 0 unspecified atom stereocenters. The first-order chi connectivity index (χ1) is 12.6. The Hall–Kier alpha value is -2.67. The van der Waals surface area contributed by atoms with Crippen LogP contribution in [-0.2, 0) is 4.74 Å². The first-order valence-electron chi connectivity index (χ1n) is 8.76. The summed E-state index contributed by atoms with van der Waals surface area (Å²) in [7, 11) is 0. The predicted octanol–water partition coefficient (Wildman–Crippen LogP) is 3.46. The molecule has 1 fully saturated rings. The standard InChI is InChI=1S/C19H21N3O4/c1-11(2)17-20-21-18(26-17)14-10-24-9-8-22(14)19(23)16-12(3)13-6-4-5-7-15(13)25-16/h4-7,11,14H,8-10H2,1-3H3/t14-/m1/s1. The molecular formula is C19H21N3O4. The van der Waals surface area contributed by atoms with Crippen molar-refractivity contribution in [3.63, 3.8) is 0 Å². The number of rotatable bonds is 3. The zero-order chi connectivity index (χ0) is 18.3. The summed E-state index contributed by atoms with van der Waals surface area (Å²) in [4.78, 5) is 14.9. The Balaban J connectivity index is 1.68. The monoisotopic (exact) mass is 355 g/mol. The molecule has 0 aliphatic carbocycles. The van der Waals surface area contributed by atoms with Crippen LogP contribution in [0.25, 0.3) is 11.0 Å². The van der Waals surface area contributed by atoms with Gasteiger partial charge in [0.25, 0.3) is 5.91 Å². The second-order valence-electron chi connectivity index (χ2n) is 6.77. The number of hydrogen-bond acceptors (Lipinski definition) is 6. The molecule has 0 bridgehead atoms. The number of benzene rings is 1. The van der Waals surface area contributed by atoms with Gasteiger partial charge in [-0.2, -0.15) is 0 Å². The lowest BCUT2D eigenvalue weighted by Gasteiger charge is -2.32. The minimum atomic E-state index is -0.413. The summed E-state index contributed by atoms with van der Waals surface area (Å²) in [5, 5.41) is 9.15. The van der Waals surface area contributed by atoms with Gasteiger partial charge in [0.05, 0.1) is 13.2 Å². The maximum atomic E-state index is 13.2. The highest BCUT2D eigenvalue weighted by Gasteiger charge is 2.35. The molecule has 1 aromatic carbocycles. The number of ether oxygens (including phenoxy) is 1. The fourth-order valence-corrected chi connectivity index (χ4v) is 3.17. The molecule has 4 rings (SSSR count). The Morgan fingerprint density at radius 3 is 2.77 bits per heavy atom. The number of morpholine rings is 1. The highest BCUT2D eigenvalue weighted by Crippen LogP contribution is 2.30. The smallest absolute Gasteiger partial charge is 0.290 e. The topological polar surface area (TPSA) is 81.6 Å². The van der Waals surface area contributed by atoms with Crippen LogP contribution in [0.3, 0.4) is 0 Å². The number of carbonyl (C=O) groups excluding carboxylic acids is 1. The van der Waals surface area contributed by atoms with Crippen molar-refractivity contribution in [2.45, 2.75) is 32.7 Å². The first-order valence-corrected chi connectivity index (χ1v) is 8.76. The molecule has 1 aliphatic heterocycles. The molecule has 7 nitrogen and oxygen atoms in total. The van der Waals surface area contributed by atoms with E-state index in [0.29, 0.717) is 42.9 Å². The van der Waals surface area contributed by atoms with Crippen LogP contribution in [0.1, 0.15) is 53.7 Å². The van der Waals surface area contributed by atoms with Gasteiger partial charge < -0.3 is 18.5 Å². The molecular weight excluding hydrogens is 334 g/mol. The number of nitrogens with zero attached hydrogens (tertiary/aromatic N) is 3. The van der Waals surface area contributed by atoms with Gasteiger partial charge in [0, 0.05) is 23.4 Å². The zero-order valence-electron chi connectivity index (χ0n) is 15.1. The van der Waals surface area contributed by atoms with Crippen molar-refractivity contribution in [1.82, 2.24) is 15.1 Å². The lowest BCUT2D eigenvalue weighted by atomic mass is 10.1. The Morgan fingerprint density at radius 1 is 1.23 bits per heavy atom. The average Bonchev–Trinajstić information content (AvgIpc) is 3.27. The second kappa shape index (κ2) is 6.57. The Morgan fingerprint density at radius 2 is 2.04 bits per heavy atom. The third kappa shape index (κ3) is 2.78. The minimum Gasteiger partial charge on any atom is -0.451 e. The van der Waals surface area contributed by atoms with Crippen molar-refractivity contribution < 1.29 is 18.4 Å². The lowest BCUT2D eigenvalue weighted by molar-refractivity contribution is -0.0121. The van der Waals surface area contributed by atoms with Gasteiger partial charge in [-0.15, -0.1) is 10.2 Å². The zero-order valence-corrected chi connectivity index (χ0v) is 15.1. The van der Waals surface area contributed by atoms with Crippen molar-refractivity contribution in [3.8, 4) is 0 Å². The van der Waals surface area contributed by atoms with E-state index in [9.17, 15) is 4.79 Å². The molecule has 3 aromatic rings. The molecule has 7 heteroatoms. The number of aromatic nitrogens is 2. The fourth-order valence-electron chi connectivity index (χ4n) is 3.17. The predicted molar refractivity (Wildman–Crippen MR) is 93.9 cm³/mol. The van der Waals surface area contributed by atoms with E-state index in [0.717, 1.165) is 10.9 Å². The number of para-hydroxylation sites is 1. The van der Waals surface area contributed by atoms with Crippen LogP contribution >= 0.6 is 0 Å². The summed E-state index contributed by atoms with van der Waals surface area (Å²) in [6.45, 7) is 7.10. The minimum absolute atomic E-state index is 0.127. The van der Waals surface area contributed by atoms with Gasteiger partial charge in [0.1, 0.15) is 11.6 Å². The first kappa shape index (κ1) is 16.8. The van der Waals surface area contributed by atoms with Crippen LogP contribution in [0.2, 0.25) is 0 Å². The van der Waals surface area contributed by atoms with Crippen molar-refractivity contribution in [2.24, 2.45) is 0 Å². The lowest BCUT2D eigenvalue weighted by Crippen LogP contribution is -2.43. The normalized spacial score (nSPS) is 18.0. The Kier molecular flexibility index (Phi) is 4.24. The molecule has 1 amide bonds. The van der Waals surface area contributed by atoms with Crippen molar-refractivity contribution in [1.29, 1.82) is 0 Å². The highest BCUT2D eigenvalue weighted by molar-refractivity contribution is 5.99. The molecule has 1 saturated heterocycles. The molecule has 136 valence electrons. The van der Waals surface area contributed by atoms with Crippen LogP contribution < -0.4 is 0 Å².